The van der Waals surface area contributed by atoms with Crippen molar-refractivity contribution < 1.29 is 9.59 Å². The van der Waals surface area contributed by atoms with Crippen LogP contribution >= 0.6 is 11.6 Å². The van der Waals surface area contributed by atoms with Gasteiger partial charge in [0.05, 0.1) is 17.0 Å². The lowest BCUT2D eigenvalue weighted by Crippen LogP contribution is -2.44. The fourth-order valence-corrected chi connectivity index (χ4v) is 6.16. The van der Waals surface area contributed by atoms with Crippen molar-refractivity contribution in [3.63, 3.8) is 0 Å². The van der Waals surface area contributed by atoms with Gasteiger partial charge in [0.1, 0.15) is 5.41 Å². The lowest BCUT2D eigenvalue weighted by molar-refractivity contribution is -0.124. The first kappa shape index (κ1) is 20.0. The smallest absolute Gasteiger partial charge is 0.246 e. The SMILES string of the molecule is O=C1[C@H]2C(c3ccccc3)(c3ccccc3)[C@]2(c2ccccc2)C(=O)N1c1cccc(Cl)c1. The fourth-order valence-electron chi connectivity index (χ4n) is 5.98. The minimum absolute atomic E-state index is 0.196. The highest BCUT2D eigenvalue weighted by atomic mass is 35.5. The van der Waals surface area contributed by atoms with E-state index in [0.29, 0.717) is 10.7 Å². The number of amides is 2. The Morgan fingerprint density at radius 1 is 0.606 bits per heavy atom. The zero-order chi connectivity index (χ0) is 22.6. The summed E-state index contributed by atoms with van der Waals surface area (Å²) in [5, 5.41) is 0.486. The van der Waals surface area contributed by atoms with Crippen LogP contribution in [0, 0.1) is 5.92 Å². The number of halogens is 1. The third-order valence-corrected chi connectivity index (χ3v) is 7.40. The Hall–Kier alpha value is -3.69. The van der Waals surface area contributed by atoms with E-state index in [0.717, 1.165) is 16.7 Å². The van der Waals surface area contributed by atoms with Crippen LogP contribution in [0.3, 0.4) is 0 Å². The van der Waals surface area contributed by atoms with Gasteiger partial charge in [-0.25, -0.2) is 4.90 Å². The molecular weight excluding hydrogens is 430 g/mol. The normalized spacial score (nSPS) is 22.8. The number of hydrogen-bond acceptors (Lipinski definition) is 2. The molecule has 4 aromatic carbocycles. The Morgan fingerprint density at radius 3 is 1.58 bits per heavy atom. The number of rotatable bonds is 4. The summed E-state index contributed by atoms with van der Waals surface area (Å²) in [5.41, 5.74) is 1.49. The number of carbonyl (C=O) groups is 2. The summed E-state index contributed by atoms with van der Waals surface area (Å²) in [5.74, 6) is -0.957. The molecule has 0 spiro atoms. The lowest BCUT2D eigenvalue weighted by Gasteiger charge is -2.31. The molecule has 4 heteroatoms. The van der Waals surface area contributed by atoms with Crippen LogP contribution in [0.5, 0.6) is 0 Å². The molecule has 2 aliphatic rings. The van der Waals surface area contributed by atoms with Crippen molar-refractivity contribution in [2.24, 2.45) is 5.92 Å². The Morgan fingerprint density at radius 2 is 1.09 bits per heavy atom. The van der Waals surface area contributed by atoms with Gasteiger partial charge in [0, 0.05) is 5.02 Å². The van der Waals surface area contributed by atoms with Crippen LogP contribution in [0.25, 0.3) is 0 Å². The highest BCUT2D eigenvalue weighted by Crippen LogP contribution is 2.77. The summed E-state index contributed by atoms with van der Waals surface area (Å²) in [6.45, 7) is 0. The first-order chi connectivity index (χ1) is 16.1. The van der Waals surface area contributed by atoms with E-state index in [9.17, 15) is 9.59 Å². The molecule has 2 atom stereocenters. The van der Waals surface area contributed by atoms with Crippen molar-refractivity contribution in [3.8, 4) is 0 Å². The van der Waals surface area contributed by atoms with Crippen LogP contribution in [0.15, 0.2) is 115 Å². The van der Waals surface area contributed by atoms with E-state index >= 15 is 0 Å². The van der Waals surface area contributed by atoms with Gasteiger partial charge in [-0.3, -0.25) is 9.59 Å². The summed E-state index contributed by atoms with van der Waals surface area (Å²) < 4.78 is 0. The van der Waals surface area contributed by atoms with Gasteiger partial charge in [-0.05, 0) is 34.9 Å². The van der Waals surface area contributed by atoms with Gasteiger partial charge < -0.3 is 0 Å². The van der Waals surface area contributed by atoms with Crippen molar-refractivity contribution in [1.82, 2.24) is 0 Å². The molecule has 1 heterocycles. The predicted octanol–water partition coefficient (Wildman–Crippen LogP) is 5.77. The van der Waals surface area contributed by atoms with Crippen molar-refractivity contribution >= 4 is 29.1 Å². The van der Waals surface area contributed by atoms with Gasteiger partial charge in [-0.2, -0.15) is 0 Å². The quantitative estimate of drug-likeness (QED) is 0.371. The highest BCUT2D eigenvalue weighted by Gasteiger charge is 2.89. The van der Waals surface area contributed by atoms with Gasteiger partial charge in [-0.1, -0.05) is 109 Å². The molecule has 3 nitrogen and oxygen atoms in total. The van der Waals surface area contributed by atoms with E-state index in [2.05, 4.69) is 0 Å². The Labute approximate surface area is 197 Å². The summed E-state index contributed by atoms with van der Waals surface area (Å²) >= 11 is 6.22. The summed E-state index contributed by atoms with van der Waals surface area (Å²) in [6, 6.07) is 36.6. The molecule has 2 fully saturated rings. The molecule has 4 aromatic rings. The molecule has 1 aliphatic carbocycles. The van der Waals surface area contributed by atoms with Crippen LogP contribution in [0.2, 0.25) is 5.02 Å². The van der Waals surface area contributed by atoms with Crippen molar-refractivity contribution in [3.05, 3.63) is 137 Å². The molecule has 2 amide bonds. The van der Waals surface area contributed by atoms with E-state index in [1.54, 1.807) is 24.3 Å². The summed E-state index contributed by atoms with van der Waals surface area (Å²) in [4.78, 5) is 29.8. The number of benzene rings is 4. The van der Waals surface area contributed by atoms with Gasteiger partial charge in [0.15, 0.2) is 0 Å². The van der Waals surface area contributed by atoms with Crippen LogP contribution in [0.4, 0.5) is 5.69 Å². The molecule has 0 bridgehead atoms. The van der Waals surface area contributed by atoms with Gasteiger partial charge >= 0.3 is 0 Å². The number of carbonyl (C=O) groups excluding carboxylic acids is 2. The van der Waals surface area contributed by atoms with Crippen molar-refractivity contribution in [1.29, 1.82) is 0 Å². The maximum atomic E-state index is 14.4. The molecule has 0 N–H and O–H groups in total. The number of anilines is 1. The van der Waals surface area contributed by atoms with E-state index in [4.69, 9.17) is 11.6 Å². The zero-order valence-electron chi connectivity index (χ0n) is 17.7. The predicted molar refractivity (Wildman–Crippen MR) is 129 cm³/mol. The summed E-state index contributed by atoms with van der Waals surface area (Å²) in [6.07, 6.45) is 0. The molecule has 1 aliphatic heterocycles. The Bertz CT molecular complexity index is 1330. The number of piperidine rings is 1. The van der Waals surface area contributed by atoms with Crippen LogP contribution < -0.4 is 4.90 Å². The molecule has 33 heavy (non-hydrogen) atoms. The van der Waals surface area contributed by atoms with Crippen molar-refractivity contribution in [2.75, 3.05) is 4.90 Å². The average Bonchev–Trinajstić information content (AvgIpc) is 3.45. The molecule has 0 unspecified atom stereocenters. The average molecular weight is 450 g/mol. The number of imide groups is 1. The minimum Gasteiger partial charge on any atom is -0.274 e. The number of fused-ring (bicyclic) bond motifs is 1. The molecule has 1 saturated carbocycles. The second-order valence-corrected chi connectivity index (χ2v) is 9.04. The van der Waals surface area contributed by atoms with E-state index in [-0.39, 0.29) is 11.8 Å². The minimum atomic E-state index is -1.03. The van der Waals surface area contributed by atoms with Crippen molar-refractivity contribution in [2.45, 2.75) is 10.8 Å². The zero-order valence-corrected chi connectivity index (χ0v) is 18.4. The Kier molecular flexibility index (Phi) is 4.33. The second-order valence-electron chi connectivity index (χ2n) is 8.61. The first-order valence-electron chi connectivity index (χ1n) is 10.9. The topological polar surface area (TPSA) is 37.4 Å². The maximum Gasteiger partial charge on any atom is 0.246 e. The monoisotopic (exact) mass is 449 g/mol. The third kappa shape index (κ3) is 2.46. The van der Waals surface area contributed by atoms with Crippen LogP contribution in [-0.4, -0.2) is 11.8 Å². The van der Waals surface area contributed by atoms with E-state index in [1.807, 2.05) is 91.0 Å². The van der Waals surface area contributed by atoms with E-state index in [1.165, 1.54) is 4.90 Å². The number of hydrogen-bond donors (Lipinski definition) is 0. The lowest BCUT2D eigenvalue weighted by atomic mass is 9.76. The fraction of sp³-hybridized carbons (Fsp3) is 0.103. The van der Waals surface area contributed by atoms with Gasteiger partial charge in [-0.15, -0.1) is 0 Å². The molecular formula is C29H20ClNO2. The van der Waals surface area contributed by atoms with Crippen LogP contribution in [-0.2, 0) is 20.4 Å². The number of nitrogens with zero attached hydrogens (tertiary/aromatic N) is 1. The molecule has 6 rings (SSSR count). The molecule has 1 saturated heterocycles. The third-order valence-electron chi connectivity index (χ3n) is 7.17. The van der Waals surface area contributed by atoms with E-state index < -0.39 is 16.7 Å². The first-order valence-corrected chi connectivity index (χ1v) is 11.3. The van der Waals surface area contributed by atoms with Gasteiger partial charge in [0.25, 0.3) is 0 Å². The second kappa shape index (κ2) is 7.16. The molecule has 160 valence electrons. The molecule has 0 radical (unpaired) electrons. The van der Waals surface area contributed by atoms with Gasteiger partial charge in [0.2, 0.25) is 11.8 Å². The maximum absolute atomic E-state index is 14.4. The molecule has 0 aromatic heterocycles. The Balaban J connectivity index is 1.65. The highest BCUT2D eigenvalue weighted by molar-refractivity contribution is 6.33. The largest absolute Gasteiger partial charge is 0.274 e. The standard InChI is InChI=1S/C29H20ClNO2/c30-23-17-10-18-24(19-23)31-26(32)25-28(20-11-4-1-5-12-20,21-13-6-2-7-14-21)29(25,27(31)33)22-15-8-3-9-16-22/h1-19,25H/t25-,29-/m0/s1. The summed E-state index contributed by atoms with van der Waals surface area (Å²) in [7, 11) is 0. The van der Waals surface area contributed by atoms with Crippen LogP contribution in [0.1, 0.15) is 16.7 Å².